The van der Waals surface area contributed by atoms with E-state index in [1.165, 1.54) is 16.2 Å². The van der Waals surface area contributed by atoms with Gasteiger partial charge in [-0.3, -0.25) is 24.0 Å². The lowest BCUT2D eigenvalue weighted by Crippen LogP contribution is -2.57. The Balaban J connectivity index is 0.758. The number of thiazole rings is 1. The number of phenols is 2. The van der Waals surface area contributed by atoms with Gasteiger partial charge in [0.15, 0.2) is 5.78 Å². The molecule has 14 nitrogen and oxygen atoms in total. The molecule has 0 saturated carbocycles. The fourth-order valence-corrected chi connectivity index (χ4v) is 11.1. The molecule has 0 radical (unpaired) electrons. The minimum absolute atomic E-state index is 0.0109. The van der Waals surface area contributed by atoms with Gasteiger partial charge in [0.1, 0.15) is 29.3 Å². The monoisotopic (exact) mass is 1040 g/mol. The Morgan fingerprint density at radius 1 is 0.811 bits per heavy atom. The molecule has 7 aromatic rings. The molecule has 0 aliphatic carbocycles. The lowest BCUT2D eigenvalue weighted by Gasteiger charge is -2.35. The second-order valence-electron chi connectivity index (χ2n) is 19.8. The minimum Gasteiger partial charge on any atom is -0.508 e. The molecule has 5 aromatic carbocycles. The first-order chi connectivity index (χ1) is 35.4. The summed E-state index contributed by atoms with van der Waals surface area (Å²) in [6.07, 6.45) is 1.07. The molecule has 74 heavy (non-hydrogen) atoms. The Morgan fingerprint density at radius 2 is 1.47 bits per heavy atom. The van der Waals surface area contributed by atoms with Crippen LogP contribution in [0.4, 0.5) is 0 Å². The number of thiophene rings is 1. The second kappa shape index (κ2) is 23.2. The highest BCUT2D eigenvalue weighted by molar-refractivity contribution is 7.22. The Hall–Kier alpha value is -7.40. The van der Waals surface area contributed by atoms with E-state index in [1.54, 1.807) is 78.1 Å². The summed E-state index contributed by atoms with van der Waals surface area (Å²) in [6.45, 7) is 10.2. The summed E-state index contributed by atoms with van der Waals surface area (Å²) in [5, 5.41) is 40.2. The number of carbonyl (C=O) groups excluding carboxylic acids is 5. The zero-order valence-corrected chi connectivity index (χ0v) is 43.6. The van der Waals surface area contributed by atoms with Crippen LogP contribution in [0.15, 0.2) is 121 Å². The van der Waals surface area contributed by atoms with Gasteiger partial charge in [-0.2, -0.15) is 0 Å². The molecule has 4 atom stereocenters. The molecule has 1 aliphatic heterocycles. The van der Waals surface area contributed by atoms with E-state index in [0.29, 0.717) is 65.1 Å². The van der Waals surface area contributed by atoms with Gasteiger partial charge in [-0.1, -0.05) is 69.3 Å². The number of amides is 4. The molecule has 1 saturated heterocycles. The Morgan fingerprint density at radius 3 is 2.15 bits per heavy atom. The van der Waals surface area contributed by atoms with E-state index in [1.807, 2.05) is 88.7 Å². The molecule has 8 rings (SSSR count). The van der Waals surface area contributed by atoms with Crippen molar-refractivity contribution in [3.8, 4) is 38.1 Å². The number of aromatic hydroxyl groups is 2. The summed E-state index contributed by atoms with van der Waals surface area (Å²) >= 11 is 2.95. The molecule has 1 fully saturated rings. The molecule has 3 heterocycles. The topological polar surface area (TPSA) is 207 Å². The van der Waals surface area contributed by atoms with Crippen molar-refractivity contribution in [3.05, 3.63) is 154 Å². The molecule has 2 aromatic heterocycles. The standard InChI is InChI=1S/C58H61N5O9S2/c1-34(37-11-15-39(16-12-37)52-35(2)60-33-73-52)61-56(70)47-30-44(66)32-63(47)57(71)54(58(3,4)5)62-49(67)8-6-7-29-72-45-24-9-36(10-25-45)27-28-59-55(69)41-17-13-38(14-18-41)51(68)50-46-26-23-43(65)31-48(46)74-53(50)40-19-21-42(64)22-20-40/h9-26,31,33-34,44,47,54,64-66H,6-8,27-30,32H2,1-5H3,(H,59,69)(H,61,70)(H,62,67)/t34-,44-,47+,54-/m1/s1. The van der Waals surface area contributed by atoms with Crippen LogP contribution in [0.5, 0.6) is 17.2 Å². The number of fused-ring (bicyclic) bond motifs is 1. The van der Waals surface area contributed by atoms with Crippen LogP contribution in [-0.4, -0.2) is 92.5 Å². The first-order valence-electron chi connectivity index (χ1n) is 24.7. The zero-order valence-electron chi connectivity index (χ0n) is 42.0. The highest BCUT2D eigenvalue weighted by atomic mass is 32.1. The summed E-state index contributed by atoms with van der Waals surface area (Å²) < 4.78 is 6.70. The van der Waals surface area contributed by atoms with Crippen molar-refractivity contribution < 1.29 is 44.0 Å². The van der Waals surface area contributed by atoms with E-state index in [2.05, 4.69) is 20.9 Å². The fraction of sp³-hybridized carbons (Fsp3) is 0.310. The van der Waals surface area contributed by atoms with Gasteiger partial charge in [0.05, 0.1) is 34.8 Å². The van der Waals surface area contributed by atoms with Gasteiger partial charge in [0, 0.05) is 57.6 Å². The SMILES string of the molecule is Cc1ncsc1-c1ccc([C@@H](C)NC(=O)[C@@H]2C[C@@H](O)CN2C(=O)[C@@H](NC(=O)CCCCOc2ccc(CCNC(=O)c3ccc(C(=O)c4c(-c5ccc(O)cc5)sc5cc(O)ccc45)cc3)cc2)C(C)(C)C)cc1. The number of aromatic nitrogens is 1. The number of β-amino-alcohol motifs (C(OH)–C–C–N with tert-alkyl or cyclic N) is 1. The highest BCUT2D eigenvalue weighted by Crippen LogP contribution is 2.41. The molecule has 16 heteroatoms. The first-order valence-corrected chi connectivity index (χ1v) is 26.4. The Kier molecular flexibility index (Phi) is 16.6. The smallest absolute Gasteiger partial charge is 0.251 e. The lowest BCUT2D eigenvalue weighted by molar-refractivity contribution is -0.144. The van der Waals surface area contributed by atoms with Crippen molar-refractivity contribution in [2.75, 3.05) is 19.7 Å². The molecule has 0 bridgehead atoms. The summed E-state index contributed by atoms with van der Waals surface area (Å²) in [6, 6.07) is 31.4. The first kappa shape index (κ1) is 52.9. The van der Waals surface area contributed by atoms with E-state index < -0.39 is 29.5 Å². The molecule has 4 amide bonds. The number of ether oxygens (including phenoxy) is 1. The third-order valence-electron chi connectivity index (χ3n) is 13.2. The summed E-state index contributed by atoms with van der Waals surface area (Å²) in [7, 11) is 0. The normalized spacial score (nSPS) is 15.4. The quantitative estimate of drug-likeness (QED) is 0.0334. The number of ketones is 1. The average molecular weight is 1040 g/mol. The maximum absolute atomic E-state index is 14.1. The number of hydrogen-bond acceptors (Lipinski definition) is 12. The fourth-order valence-electron chi connectivity index (χ4n) is 9.05. The highest BCUT2D eigenvalue weighted by Gasteiger charge is 2.44. The third-order valence-corrected chi connectivity index (χ3v) is 15.4. The van der Waals surface area contributed by atoms with Crippen molar-refractivity contribution in [2.24, 2.45) is 5.41 Å². The van der Waals surface area contributed by atoms with Crippen LogP contribution in [0.1, 0.15) is 103 Å². The number of unbranched alkanes of at least 4 members (excludes halogenated alkanes) is 1. The lowest BCUT2D eigenvalue weighted by atomic mass is 9.85. The minimum atomic E-state index is -0.923. The number of aliphatic hydroxyl groups is 1. The second-order valence-corrected chi connectivity index (χ2v) is 21.7. The van der Waals surface area contributed by atoms with Crippen LogP contribution in [0.3, 0.4) is 0 Å². The number of aryl methyl sites for hydroxylation is 1. The molecule has 0 spiro atoms. The van der Waals surface area contributed by atoms with E-state index in [0.717, 1.165) is 37.5 Å². The van der Waals surface area contributed by atoms with Gasteiger partial charge in [-0.15, -0.1) is 22.7 Å². The van der Waals surface area contributed by atoms with Crippen molar-refractivity contribution >= 4 is 62.2 Å². The third kappa shape index (κ3) is 12.7. The van der Waals surface area contributed by atoms with Crippen molar-refractivity contribution in [3.63, 3.8) is 0 Å². The van der Waals surface area contributed by atoms with Crippen LogP contribution in [-0.2, 0) is 20.8 Å². The van der Waals surface area contributed by atoms with E-state index in [4.69, 9.17) is 4.74 Å². The van der Waals surface area contributed by atoms with Gasteiger partial charge in [-0.25, -0.2) is 4.98 Å². The van der Waals surface area contributed by atoms with Gasteiger partial charge in [0.2, 0.25) is 17.7 Å². The summed E-state index contributed by atoms with van der Waals surface area (Å²) in [4.78, 5) is 75.7. The van der Waals surface area contributed by atoms with Crippen LogP contribution in [0, 0.1) is 12.3 Å². The van der Waals surface area contributed by atoms with E-state index >= 15 is 0 Å². The molecule has 1 aliphatic rings. The molecule has 0 unspecified atom stereocenters. The number of carbonyl (C=O) groups is 5. The average Bonchev–Trinajstić information content (AvgIpc) is 4.12. The summed E-state index contributed by atoms with van der Waals surface area (Å²) in [5.74, 6) is -0.692. The molecule has 6 N–H and O–H groups in total. The van der Waals surface area contributed by atoms with Gasteiger partial charge >= 0.3 is 0 Å². The maximum Gasteiger partial charge on any atom is 0.251 e. The largest absolute Gasteiger partial charge is 0.508 e. The molecule has 384 valence electrons. The van der Waals surface area contributed by atoms with Crippen LogP contribution < -0.4 is 20.7 Å². The Bertz CT molecular complexity index is 3130. The Labute approximate surface area is 438 Å². The van der Waals surface area contributed by atoms with Gasteiger partial charge < -0.3 is 40.9 Å². The number of likely N-dealkylation sites (tertiary alicyclic amines) is 1. The molecular formula is C58H61N5O9S2. The number of rotatable bonds is 19. The van der Waals surface area contributed by atoms with Crippen LogP contribution in [0.25, 0.3) is 31.0 Å². The number of hydrogen-bond donors (Lipinski definition) is 6. The van der Waals surface area contributed by atoms with Crippen molar-refractivity contribution in [1.29, 1.82) is 0 Å². The molecular weight excluding hydrogens is 975 g/mol. The number of phenolic OH excluding ortho intramolecular Hbond substituents is 2. The number of nitrogens with zero attached hydrogens (tertiary/aromatic N) is 2. The van der Waals surface area contributed by atoms with Crippen molar-refractivity contribution in [1.82, 2.24) is 25.8 Å². The summed E-state index contributed by atoms with van der Waals surface area (Å²) in [5.41, 5.74) is 7.09. The predicted molar refractivity (Wildman–Crippen MR) is 289 cm³/mol. The van der Waals surface area contributed by atoms with Crippen molar-refractivity contribution in [2.45, 2.75) is 91.0 Å². The number of aliphatic hydroxyl groups excluding tert-OH is 1. The van der Waals surface area contributed by atoms with E-state index in [-0.39, 0.29) is 60.4 Å². The van der Waals surface area contributed by atoms with E-state index in [9.17, 15) is 39.3 Å². The van der Waals surface area contributed by atoms with Crippen LogP contribution >= 0.6 is 22.7 Å². The van der Waals surface area contributed by atoms with Gasteiger partial charge in [0.25, 0.3) is 5.91 Å². The van der Waals surface area contributed by atoms with Crippen LogP contribution in [0.2, 0.25) is 0 Å². The predicted octanol–water partition coefficient (Wildman–Crippen LogP) is 9.53. The van der Waals surface area contributed by atoms with Gasteiger partial charge in [-0.05, 0) is 128 Å². The zero-order chi connectivity index (χ0) is 52.7. The number of benzene rings is 5. The maximum atomic E-state index is 14.1. The number of nitrogens with one attached hydrogen (secondary N) is 3.